The molecule has 12 heavy (non-hydrogen) atoms. The predicted molar refractivity (Wildman–Crippen MR) is 51.4 cm³/mol. The normalized spacial score (nSPS) is 9.75. The fourth-order valence-corrected chi connectivity index (χ4v) is 1.21. The summed E-state index contributed by atoms with van der Waals surface area (Å²) in [6, 6.07) is 0. The highest BCUT2D eigenvalue weighted by molar-refractivity contribution is 7.99. The standard InChI is InChI=1S/C7H16N2O2S/c1-2-12-6-4-9-3-5-11-7(8)10/h9H,2-6H2,1H3,(H2,8,10). The molecule has 5 heteroatoms. The molecule has 0 aliphatic rings. The van der Waals surface area contributed by atoms with Gasteiger partial charge in [0, 0.05) is 18.8 Å². The minimum absolute atomic E-state index is 0.353. The van der Waals surface area contributed by atoms with Crippen LogP contribution in [0.2, 0.25) is 0 Å². The van der Waals surface area contributed by atoms with Crippen molar-refractivity contribution in [1.29, 1.82) is 0 Å². The van der Waals surface area contributed by atoms with Crippen LogP contribution in [0.3, 0.4) is 0 Å². The van der Waals surface area contributed by atoms with Crippen LogP contribution >= 0.6 is 11.8 Å². The van der Waals surface area contributed by atoms with Crippen molar-refractivity contribution in [2.45, 2.75) is 6.92 Å². The maximum Gasteiger partial charge on any atom is 0.404 e. The zero-order valence-corrected chi connectivity index (χ0v) is 8.15. The van der Waals surface area contributed by atoms with Crippen molar-refractivity contribution in [1.82, 2.24) is 5.32 Å². The maximum absolute atomic E-state index is 10.1. The smallest absolute Gasteiger partial charge is 0.404 e. The van der Waals surface area contributed by atoms with Crippen LogP contribution in [-0.2, 0) is 4.74 Å². The predicted octanol–water partition coefficient (Wildman–Crippen LogP) is 0.424. The number of carbonyl (C=O) groups excluding carboxylic acids is 1. The van der Waals surface area contributed by atoms with E-state index in [-0.39, 0.29) is 0 Å². The van der Waals surface area contributed by atoms with E-state index in [0.717, 1.165) is 18.1 Å². The maximum atomic E-state index is 10.1. The molecule has 72 valence electrons. The molecule has 0 saturated heterocycles. The van der Waals surface area contributed by atoms with E-state index in [2.05, 4.69) is 17.0 Å². The number of hydrogen-bond donors (Lipinski definition) is 2. The highest BCUT2D eigenvalue weighted by atomic mass is 32.2. The molecule has 3 N–H and O–H groups in total. The van der Waals surface area contributed by atoms with Crippen molar-refractivity contribution in [2.75, 3.05) is 31.2 Å². The molecule has 0 aromatic heterocycles. The van der Waals surface area contributed by atoms with Gasteiger partial charge in [-0.15, -0.1) is 0 Å². The summed E-state index contributed by atoms with van der Waals surface area (Å²) in [5.41, 5.74) is 4.76. The van der Waals surface area contributed by atoms with E-state index in [1.54, 1.807) is 0 Å². The van der Waals surface area contributed by atoms with Crippen molar-refractivity contribution < 1.29 is 9.53 Å². The first-order chi connectivity index (χ1) is 5.77. The number of amides is 1. The van der Waals surface area contributed by atoms with E-state index in [1.807, 2.05) is 11.8 Å². The summed E-state index contributed by atoms with van der Waals surface area (Å²) in [4.78, 5) is 10.1. The molecule has 0 heterocycles. The molecule has 0 aliphatic heterocycles. The van der Waals surface area contributed by atoms with E-state index in [9.17, 15) is 4.79 Å². The Morgan fingerprint density at radius 2 is 2.33 bits per heavy atom. The number of rotatable bonds is 7. The molecule has 0 unspecified atom stereocenters. The molecule has 0 radical (unpaired) electrons. The SMILES string of the molecule is CCSCCNCCOC(N)=O. The molecule has 0 atom stereocenters. The molecule has 1 amide bonds. The first kappa shape index (κ1) is 11.6. The Morgan fingerprint density at radius 3 is 2.92 bits per heavy atom. The molecular formula is C7H16N2O2S. The van der Waals surface area contributed by atoms with Gasteiger partial charge in [-0.1, -0.05) is 6.92 Å². The number of nitrogens with two attached hydrogens (primary N) is 1. The molecule has 0 fully saturated rings. The Kier molecular flexibility index (Phi) is 8.37. The summed E-state index contributed by atoms with van der Waals surface area (Å²) < 4.78 is 4.52. The minimum Gasteiger partial charge on any atom is -0.448 e. The van der Waals surface area contributed by atoms with E-state index in [4.69, 9.17) is 5.73 Å². The first-order valence-corrected chi connectivity index (χ1v) is 5.13. The summed E-state index contributed by atoms with van der Waals surface area (Å²) in [6.07, 6.45) is -0.709. The topological polar surface area (TPSA) is 64.3 Å². The van der Waals surface area contributed by atoms with Gasteiger partial charge in [-0.25, -0.2) is 4.79 Å². The third-order valence-electron chi connectivity index (χ3n) is 1.15. The lowest BCUT2D eigenvalue weighted by atomic mass is 10.6. The van der Waals surface area contributed by atoms with Gasteiger partial charge >= 0.3 is 6.09 Å². The number of hydrogen-bond acceptors (Lipinski definition) is 4. The second kappa shape index (κ2) is 8.67. The Hall–Kier alpha value is -0.420. The van der Waals surface area contributed by atoms with Crippen molar-refractivity contribution in [2.24, 2.45) is 5.73 Å². The molecular weight excluding hydrogens is 176 g/mol. The molecule has 0 spiro atoms. The minimum atomic E-state index is -0.709. The van der Waals surface area contributed by atoms with Crippen LogP contribution in [-0.4, -0.2) is 37.3 Å². The van der Waals surface area contributed by atoms with Gasteiger partial charge in [0.2, 0.25) is 0 Å². The van der Waals surface area contributed by atoms with Gasteiger partial charge in [0.1, 0.15) is 6.61 Å². The Bertz CT molecular complexity index is 122. The van der Waals surface area contributed by atoms with Crippen molar-refractivity contribution in [3.8, 4) is 0 Å². The van der Waals surface area contributed by atoms with Crippen LogP contribution < -0.4 is 11.1 Å². The molecule has 0 bridgehead atoms. The highest BCUT2D eigenvalue weighted by Crippen LogP contribution is 1.94. The molecule has 0 aromatic carbocycles. The average molecular weight is 192 g/mol. The highest BCUT2D eigenvalue weighted by Gasteiger charge is 1.91. The van der Waals surface area contributed by atoms with Gasteiger partial charge < -0.3 is 15.8 Å². The Balaban J connectivity index is 2.86. The van der Waals surface area contributed by atoms with Crippen LogP contribution in [0.4, 0.5) is 4.79 Å². The summed E-state index contributed by atoms with van der Waals surface area (Å²) in [5, 5.41) is 3.12. The second-order valence-corrected chi connectivity index (χ2v) is 3.51. The summed E-state index contributed by atoms with van der Waals surface area (Å²) in [7, 11) is 0. The van der Waals surface area contributed by atoms with Crippen LogP contribution in [0, 0.1) is 0 Å². The first-order valence-electron chi connectivity index (χ1n) is 3.98. The number of nitrogens with one attached hydrogen (secondary N) is 1. The van der Waals surface area contributed by atoms with Crippen molar-refractivity contribution in [3.63, 3.8) is 0 Å². The summed E-state index contributed by atoms with van der Waals surface area (Å²) in [5.74, 6) is 2.23. The van der Waals surface area contributed by atoms with Crippen LogP contribution in [0.15, 0.2) is 0 Å². The summed E-state index contributed by atoms with van der Waals surface area (Å²) >= 11 is 1.88. The molecule has 0 aromatic rings. The third-order valence-corrected chi connectivity index (χ3v) is 2.05. The number of primary amides is 1. The number of thioether (sulfide) groups is 1. The Morgan fingerprint density at radius 1 is 1.58 bits per heavy atom. The quantitative estimate of drug-likeness (QED) is 0.574. The lowest BCUT2D eigenvalue weighted by Gasteiger charge is -2.03. The molecule has 0 aliphatic carbocycles. The largest absolute Gasteiger partial charge is 0.448 e. The van der Waals surface area contributed by atoms with Crippen LogP contribution in [0.5, 0.6) is 0 Å². The second-order valence-electron chi connectivity index (χ2n) is 2.11. The average Bonchev–Trinajstić information content (AvgIpc) is 2.02. The number of carbonyl (C=O) groups is 1. The van der Waals surface area contributed by atoms with E-state index >= 15 is 0 Å². The van der Waals surface area contributed by atoms with Gasteiger partial charge in [0.25, 0.3) is 0 Å². The van der Waals surface area contributed by atoms with E-state index in [1.165, 1.54) is 0 Å². The van der Waals surface area contributed by atoms with Crippen molar-refractivity contribution >= 4 is 17.9 Å². The van der Waals surface area contributed by atoms with Gasteiger partial charge in [0.05, 0.1) is 0 Å². The van der Waals surface area contributed by atoms with Gasteiger partial charge in [-0.3, -0.25) is 0 Å². The molecule has 0 rings (SSSR count). The van der Waals surface area contributed by atoms with Crippen LogP contribution in [0.1, 0.15) is 6.92 Å². The van der Waals surface area contributed by atoms with Gasteiger partial charge in [-0.05, 0) is 5.75 Å². The lowest BCUT2D eigenvalue weighted by Crippen LogP contribution is -2.25. The van der Waals surface area contributed by atoms with Crippen molar-refractivity contribution in [3.05, 3.63) is 0 Å². The van der Waals surface area contributed by atoms with Crippen LogP contribution in [0.25, 0.3) is 0 Å². The van der Waals surface area contributed by atoms with Gasteiger partial charge in [-0.2, -0.15) is 11.8 Å². The van der Waals surface area contributed by atoms with E-state index < -0.39 is 6.09 Å². The zero-order chi connectivity index (χ0) is 9.23. The molecule has 0 saturated carbocycles. The Labute approximate surface area is 77.2 Å². The zero-order valence-electron chi connectivity index (χ0n) is 7.34. The fourth-order valence-electron chi connectivity index (χ4n) is 0.637. The lowest BCUT2D eigenvalue weighted by molar-refractivity contribution is 0.157. The fraction of sp³-hybridized carbons (Fsp3) is 0.857. The molecule has 4 nitrogen and oxygen atoms in total. The third kappa shape index (κ3) is 9.58. The number of ether oxygens (including phenoxy) is 1. The summed E-state index contributed by atoms with van der Waals surface area (Å²) in [6.45, 7) is 4.10. The van der Waals surface area contributed by atoms with Gasteiger partial charge in [0.15, 0.2) is 0 Å². The monoisotopic (exact) mass is 192 g/mol. The van der Waals surface area contributed by atoms with E-state index in [0.29, 0.717) is 13.2 Å².